The average Bonchev–Trinajstić information content (AvgIpc) is 2.53. The van der Waals surface area contributed by atoms with Crippen molar-refractivity contribution < 1.29 is 4.74 Å². The van der Waals surface area contributed by atoms with Crippen LogP contribution >= 0.6 is 0 Å². The molecule has 4 nitrogen and oxygen atoms in total. The van der Waals surface area contributed by atoms with E-state index in [9.17, 15) is 0 Å². The third kappa shape index (κ3) is 3.80. The summed E-state index contributed by atoms with van der Waals surface area (Å²) in [7, 11) is 0. The molecular weight excluding hydrogens is 262 g/mol. The van der Waals surface area contributed by atoms with Crippen molar-refractivity contribution in [3.05, 3.63) is 23.3 Å². The van der Waals surface area contributed by atoms with Crippen LogP contribution in [0.4, 0.5) is 0 Å². The van der Waals surface area contributed by atoms with Crippen molar-refractivity contribution in [2.45, 2.75) is 57.9 Å². The SMILES string of the molecule is CC(C)NCC1CCc2nc(C3CCCOC3)ncc2C1. The summed E-state index contributed by atoms with van der Waals surface area (Å²) in [4.78, 5) is 9.49. The topological polar surface area (TPSA) is 47.0 Å². The van der Waals surface area contributed by atoms with E-state index in [0.29, 0.717) is 12.0 Å². The van der Waals surface area contributed by atoms with Gasteiger partial charge in [-0.15, -0.1) is 0 Å². The quantitative estimate of drug-likeness (QED) is 0.925. The maximum Gasteiger partial charge on any atom is 0.133 e. The van der Waals surface area contributed by atoms with E-state index in [2.05, 4.69) is 30.3 Å². The first-order valence-electron chi connectivity index (χ1n) is 8.38. The van der Waals surface area contributed by atoms with Crippen LogP contribution in [0.5, 0.6) is 0 Å². The number of aryl methyl sites for hydroxylation is 1. The monoisotopic (exact) mass is 289 g/mol. The highest BCUT2D eigenvalue weighted by Gasteiger charge is 2.24. The van der Waals surface area contributed by atoms with E-state index < -0.39 is 0 Å². The van der Waals surface area contributed by atoms with E-state index in [4.69, 9.17) is 9.72 Å². The third-order valence-corrected chi connectivity index (χ3v) is 4.61. The normalized spacial score (nSPS) is 25.9. The van der Waals surface area contributed by atoms with Gasteiger partial charge in [-0.25, -0.2) is 9.97 Å². The van der Waals surface area contributed by atoms with Crippen LogP contribution in [-0.4, -0.2) is 35.8 Å². The lowest BCUT2D eigenvalue weighted by atomic mass is 9.87. The predicted molar refractivity (Wildman–Crippen MR) is 83.5 cm³/mol. The Bertz CT molecular complexity index is 469. The lowest BCUT2D eigenvalue weighted by molar-refractivity contribution is 0.0779. The van der Waals surface area contributed by atoms with Crippen molar-refractivity contribution in [3.8, 4) is 0 Å². The molecular formula is C17H27N3O. The molecule has 0 amide bonds. The molecule has 2 atom stereocenters. The summed E-state index contributed by atoms with van der Waals surface area (Å²) in [5.41, 5.74) is 2.64. The highest BCUT2D eigenvalue weighted by Crippen LogP contribution is 2.27. The molecule has 2 aliphatic rings. The summed E-state index contributed by atoms with van der Waals surface area (Å²) in [6.07, 6.45) is 7.84. The van der Waals surface area contributed by atoms with Crippen LogP contribution in [0.3, 0.4) is 0 Å². The number of nitrogens with zero attached hydrogens (tertiary/aromatic N) is 2. The molecule has 3 rings (SSSR count). The molecule has 0 saturated carbocycles. The highest BCUT2D eigenvalue weighted by molar-refractivity contribution is 5.22. The predicted octanol–water partition coefficient (Wildman–Crippen LogP) is 2.47. The molecule has 1 aromatic heterocycles. The second kappa shape index (κ2) is 6.84. The Morgan fingerprint density at radius 3 is 3.05 bits per heavy atom. The molecule has 2 heterocycles. The minimum absolute atomic E-state index is 0.407. The van der Waals surface area contributed by atoms with Crippen molar-refractivity contribution in [1.82, 2.24) is 15.3 Å². The van der Waals surface area contributed by atoms with Crippen LogP contribution in [-0.2, 0) is 17.6 Å². The Labute approximate surface area is 127 Å². The van der Waals surface area contributed by atoms with E-state index in [0.717, 1.165) is 50.8 Å². The third-order valence-electron chi connectivity index (χ3n) is 4.61. The van der Waals surface area contributed by atoms with Crippen LogP contribution in [0.1, 0.15) is 56.1 Å². The fourth-order valence-electron chi connectivity index (χ4n) is 3.32. The second-order valence-corrected chi connectivity index (χ2v) is 6.79. The number of nitrogens with one attached hydrogen (secondary N) is 1. The Balaban J connectivity index is 1.64. The van der Waals surface area contributed by atoms with Gasteiger partial charge in [-0.05, 0) is 50.1 Å². The summed E-state index contributed by atoms with van der Waals surface area (Å²) in [5.74, 6) is 2.14. The standard InChI is InChI=1S/C17H27N3O/c1-12(2)18-9-13-5-6-16-15(8-13)10-19-17(20-16)14-4-3-7-21-11-14/h10,12-14,18H,3-9,11H2,1-2H3. The summed E-state index contributed by atoms with van der Waals surface area (Å²) < 4.78 is 5.56. The van der Waals surface area contributed by atoms with Crippen LogP contribution in [0.25, 0.3) is 0 Å². The Morgan fingerprint density at radius 2 is 2.29 bits per heavy atom. The van der Waals surface area contributed by atoms with Crippen molar-refractivity contribution >= 4 is 0 Å². The number of rotatable bonds is 4. The lowest BCUT2D eigenvalue weighted by Gasteiger charge is -2.26. The Morgan fingerprint density at radius 1 is 1.38 bits per heavy atom. The van der Waals surface area contributed by atoms with Gasteiger partial charge in [0.2, 0.25) is 0 Å². The van der Waals surface area contributed by atoms with Gasteiger partial charge >= 0.3 is 0 Å². The van der Waals surface area contributed by atoms with Gasteiger partial charge in [-0.3, -0.25) is 0 Å². The maximum atomic E-state index is 5.56. The number of hydrogen-bond acceptors (Lipinski definition) is 4. The molecule has 1 aliphatic heterocycles. The minimum Gasteiger partial charge on any atom is -0.381 e. The first-order chi connectivity index (χ1) is 10.2. The van der Waals surface area contributed by atoms with Crippen molar-refractivity contribution in [3.63, 3.8) is 0 Å². The van der Waals surface area contributed by atoms with E-state index in [1.165, 1.54) is 24.1 Å². The molecule has 0 spiro atoms. The van der Waals surface area contributed by atoms with Gasteiger partial charge in [-0.1, -0.05) is 13.8 Å². The molecule has 1 N–H and O–H groups in total. The number of fused-ring (bicyclic) bond motifs is 1. The van der Waals surface area contributed by atoms with Gasteiger partial charge in [0.1, 0.15) is 5.82 Å². The largest absolute Gasteiger partial charge is 0.381 e. The molecule has 1 aromatic rings. The molecule has 4 heteroatoms. The first kappa shape index (κ1) is 14.9. The van der Waals surface area contributed by atoms with Gasteiger partial charge in [-0.2, -0.15) is 0 Å². The highest BCUT2D eigenvalue weighted by atomic mass is 16.5. The number of hydrogen-bond donors (Lipinski definition) is 1. The lowest BCUT2D eigenvalue weighted by Crippen LogP contribution is -2.32. The van der Waals surface area contributed by atoms with Crippen LogP contribution < -0.4 is 5.32 Å². The van der Waals surface area contributed by atoms with Gasteiger partial charge < -0.3 is 10.1 Å². The summed E-state index contributed by atoms with van der Waals surface area (Å²) in [6.45, 7) is 7.21. The van der Waals surface area contributed by atoms with Crippen molar-refractivity contribution in [2.24, 2.45) is 5.92 Å². The molecule has 0 radical (unpaired) electrons. The molecule has 0 aromatic carbocycles. The summed E-state index contributed by atoms with van der Waals surface area (Å²) >= 11 is 0. The van der Waals surface area contributed by atoms with Crippen molar-refractivity contribution in [2.75, 3.05) is 19.8 Å². The number of ether oxygens (including phenoxy) is 1. The fourth-order valence-corrected chi connectivity index (χ4v) is 3.32. The van der Waals surface area contributed by atoms with Gasteiger partial charge in [0.25, 0.3) is 0 Å². The van der Waals surface area contributed by atoms with Gasteiger partial charge in [0.05, 0.1) is 6.61 Å². The second-order valence-electron chi connectivity index (χ2n) is 6.79. The Kier molecular flexibility index (Phi) is 4.86. The maximum absolute atomic E-state index is 5.56. The molecule has 2 unspecified atom stereocenters. The minimum atomic E-state index is 0.407. The molecule has 21 heavy (non-hydrogen) atoms. The smallest absolute Gasteiger partial charge is 0.133 e. The van der Waals surface area contributed by atoms with Crippen LogP contribution in [0, 0.1) is 5.92 Å². The van der Waals surface area contributed by atoms with Crippen molar-refractivity contribution in [1.29, 1.82) is 0 Å². The average molecular weight is 289 g/mol. The van der Waals surface area contributed by atoms with Gasteiger partial charge in [0, 0.05) is 30.5 Å². The van der Waals surface area contributed by atoms with E-state index in [1.807, 2.05) is 0 Å². The zero-order valence-electron chi connectivity index (χ0n) is 13.3. The molecule has 1 fully saturated rings. The molecule has 0 bridgehead atoms. The molecule has 116 valence electrons. The zero-order valence-corrected chi connectivity index (χ0v) is 13.3. The van der Waals surface area contributed by atoms with E-state index in [1.54, 1.807) is 0 Å². The van der Waals surface area contributed by atoms with Gasteiger partial charge in [0.15, 0.2) is 0 Å². The molecule has 1 aliphatic carbocycles. The van der Waals surface area contributed by atoms with Crippen LogP contribution in [0.2, 0.25) is 0 Å². The first-order valence-corrected chi connectivity index (χ1v) is 8.38. The van der Waals surface area contributed by atoms with E-state index >= 15 is 0 Å². The summed E-state index contributed by atoms with van der Waals surface area (Å²) in [6, 6.07) is 0.566. The molecule has 1 saturated heterocycles. The van der Waals surface area contributed by atoms with E-state index in [-0.39, 0.29) is 0 Å². The zero-order chi connectivity index (χ0) is 14.7. The fraction of sp³-hybridized carbons (Fsp3) is 0.765. The van der Waals surface area contributed by atoms with Crippen LogP contribution in [0.15, 0.2) is 6.20 Å². The number of aromatic nitrogens is 2. The summed E-state index contributed by atoms with van der Waals surface area (Å²) in [5, 5.41) is 3.55. The Hall–Kier alpha value is -1.00.